The van der Waals surface area contributed by atoms with Crippen molar-refractivity contribution in [2.24, 2.45) is 5.73 Å². The van der Waals surface area contributed by atoms with Crippen molar-refractivity contribution in [2.75, 3.05) is 13.7 Å². The van der Waals surface area contributed by atoms with Crippen LogP contribution in [0.5, 0.6) is 0 Å². The van der Waals surface area contributed by atoms with Gasteiger partial charge < -0.3 is 20.3 Å². The number of carbonyl (C=O) groups is 1. The average Bonchev–Trinajstić information content (AvgIpc) is 1.83. The van der Waals surface area contributed by atoms with Gasteiger partial charge in [0.1, 0.15) is 5.25 Å². The Labute approximate surface area is 79.2 Å². The van der Waals surface area contributed by atoms with Gasteiger partial charge in [-0.1, -0.05) is 11.4 Å². The third-order valence-electron chi connectivity index (χ3n) is 0.900. The molecule has 0 spiro atoms. The first-order valence-corrected chi connectivity index (χ1v) is 7.08. The third kappa shape index (κ3) is 5.93. The molecule has 0 radical (unpaired) electrons. The molecule has 0 aliphatic carbocycles. The third-order valence-corrected chi connectivity index (χ3v) is 4.16. The molecule has 0 aliphatic rings. The number of carbonyl (C=O) groups excluding carboxylic acids is 1. The predicted octanol–water partition coefficient (Wildman–Crippen LogP) is -0.571. The van der Waals surface area contributed by atoms with Crippen LogP contribution >= 0.6 is 17.1 Å². The van der Waals surface area contributed by atoms with Crippen LogP contribution in [0.1, 0.15) is 0 Å². The molecule has 1 amide bonds. The van der Waals surface area contributed by atoms with E-state index in [1.165, 1.54) is 7.11 Å². The lowest BCUT2D eigenvalue weighted by molar-refractivity contribution is -0.118. The van der Waals surface area contributed by atoms with E-state index in [4.69, 9.17) is 15.5 Å². The van der Waals surface area contributed by atoms with E-state index in [9.17, 15) is 4.79 Å². The zero-order valence-corrected chi connectivity index (χ0v) is 8.86. The van der Waals surface area contributed by atoms with E-state index in [0.717, 1.165) is 0 Å². The van der Waals surface area contributed by atoms with Crippen LogP contribution in [0.4, 0.5) is 0 Å². The van der Waals surface area contributed by atoms with Crippen molar-refractivity contribution in [1.29, 1.82) is 0 Å². The van der Waals surface area contributed by atoms with Gasteiger partial charge in [0.05, 0.1) is 6.61 Å². The Balaban J connectivity index is 4.14. The lowest BCUT2D eigenvalue weighted by Crippen LogP contribution is -2.29. The highest BCUT2D eigenvalue weighted by Crippen LogP contribution is 2.52. The molecule has 72 valence electrons. The Hall–Kier alpha value is 0.350. The van der Waals surface area contributed by atoms with Crippen molar-refractivity contribution in [3.05, 3.63) is 0 Å². The molecule has 0 heterocycles. The zero-order chi connectivity index (χ0) is 9.78. The van der Waals surface area contributed by atoms with Crippen LogP contribution in [0.15, 0.2) is 0 Å². The summed E-state index contributed by atoms with van der Waals surface area (Å²) in [7, 11) is 1.38. The molecule has 0 aromatic carbocycles. The van der Waals surface area contributed by atoms with E-state index in [1.807, 2.05) is 0 Å². The molecule has 0 saturated carbocycles. The molecule has 0 saturated heterocycles. The standard InChI is InChI=1S/C4H10NO4PS2/c1-9-2-3(4(5)6)12-10(7,8)11/h3H,2H2,1H3,(H2,5,6)(H2,7,8,11). The molecule has 0 aromatic rings. The first-order valence-electron chi connectivity index (χ1n) is 2.89. The fourth-order valence-corrected chi connectivity index (χ4v) is 3.54. The summed E-state index contributed by atoms with van der Waals surface area (Å²) in [6.45, 7) is 0.0273. The highest BCUT2D eigenvalue weighted by Gasteiger charge is 2.23. The Morgan fingerprint density at radius 1 is 1.83 bits per heavy atom. The van der Waals surface area contributed by atoms with Crippen LogP contribution in [0.2, 0.25) is 0 Å². The van der Waals surface area contributed by atoms with Crippen LogP contribution in [0, 0.1) is 0 Å². The van der Waals surface area contributed by atoms with E-state index < -0.39 is 16.9 Å². The molecule has 0 aromatic heterocycles. The van der Waals surface area contributed by atoms with Gasteiger partial charge in [-0.2, -0.15) is 0 Å². The minimum absolute atomic E-state index is 0.0273. The van der Waals surface area contributed by atoms with Crippen LogP contribution < -0.4 is 5.73 Å². The quantitative estimate of drug-likeness (QED) is 0.549. The van der Waals surface area contributed by atoms with Gasteiger partial charge in [0.25, 0.3) is 0 Å². The van der Waals surface area contributed by atoms with Crippen LogP contribution in [0.3, 0.4) is 0 Å². The largest absolute Gasteiger partial charge is 0.383 e. The first-order chi connectivity index (χ1) is 5.37. The fraction of sp³-hybridized carbons (Fsp3) is 0.750. The number of rotatable bonds is 5. The maximum atomic E-state index is 10.6. The summed E-state index contributed by atoms with van der Waals surface area (Å²) < 4.78 is 4.64. The van der Waals surface area contributed by atoms with Crippen molar-refractivity contribution in [1.82, 2.24) is 0 Å². The molecule has 0 rings (SSSR count). The highest BCUT2D eigenvalue weighted by molar-refractivity contribution is 8.67. The van der Waals surface area contributed by atoms with Crippen molar-refractivity contribution in [3.8, 4) is 0 Å². The van der Waals surface area contributed by atoms with Crippen molar-refractivity contribution in [3.63, 3.8) is 0 Å². The monoisotopic (exact) mass is 231 g/mol. The van der Waals surface area contributed by atoms with Gasteiger partial charge in [0, 0.05) is 7.11 Å². The summed E-state index contributed by atoms with van der Waals surface area (Å²) in [4.78, 5) is 28.3. The van der Waals surface area contributed by atoms with E-state index >= 15 is 0 Å². The van der Waals surface area contributed by atoms with E-state index in [0.29, 0.717) is 11.4 Å². The number of primary amides is 1. The highest BCUT2D eigenvalue weighted by atomic mass is 32.9. The van der Waals surface area contributed by atoms with Gasteiger partial charge >= 0.3 is 0 Å². The lowest BCUT2D eigenvalue weighted by Gasteiger charge is -2.13. The summed E-state index contributed by atoms with van der Waals surface area (Å²) in [6, 6.07) is 0. The maximum absolute atomic E-state index is 10.6. The second-order valence-electron chi connectivity index (χ2n) is 1.94. The fourth-order valence-electron chi connectivity index (χ4n) is 0.482. The molecule has 0 aliphatic heterocycles. The summed E-state index contributed by atoms with van der Waals surface area (Å²) in [5, 5.41) is -0.796. The van der Waals surface area contributed by atoms with Crippen LogP contribution in [-0.4, -0.2) is 34.7 Å². The molecule has 0 fully saturated rings. The molecule has 12 heavy (non-hydrogen) atoms. The number of hydrogen-bond acceptors (Lipinski definition) is 4. The number of hydrogen-bond donors (Lipinski definition) is 3. The molecule has 4 N–H and O–H groups in total. The number of methoxy groups -OCH3 is 1. The first kappa shape index (κ1) is 12.3. The molecular formula is C4H10NO4PS2. The second-order valence-corrected chi connectivity index (χ2v) is 8.08. The minimum atomic E-state index is -3.44. The number of amides is 1. The second kappa shape index (κ2) is 5.16. The maximum Gasteiger partial charge on any atom is 0.242 e. The molecule has 0 bridgehead atoms. The Morgan fingerprint density at radius 2 is 2.33 bits per heavy atom. The molecule has 8 heteroatoms. The van der Waals surface area contributed by atoms with Gasteiger partial charge in [-0.15, -0.1) is 0 Å². The van der Waals surface area contributed by atoms with E-state index in [2.05, 4.69) is 16.5 Å². The molecule has 1 atom stereocenters. The van der Waals surface area contributed by atoms with E-state index in [1.54, 1.807) is 0 Å². The number of nitrogens with two attached hydrogens (primary N) is 1. The van der Waals surface area contributed by atoms with Gasteiger partial charge in [0.15, 0.2) is 0 Å². The smallest absolute Gasteiger partial charge is 0.242 e. The zero-order valence-electron chi connectivity index (χ0n) is 6.34. The minimum Gasteiger partial charge on any atom is -0.383 e. The Morgan fingerprint density at radius 3 is 2.58 bits per heavy atom. The summed E-state index contributed by atoms with van der Waals surface area (Å²) in [5.41, 5.74) is 1.50. The van der Waals surface area contributed by atoms with Crippen LogP contribution in [-0.2, 0) is 21.3 Å². The molecule has 1 unspecified atom stereocenters. The summed E-state index contributed by atoms with van der Waals surface area (Å²) in [6.07, 6.45) is 0. The Bertz CT molecular complexity index is 205. The average molecular weight is 231 g/mol. The Kier molecular flexibility index (Phi) is 5.31. The topological polar surface area (TPSA) is 92.8 Å². The predicted molar refractivity (Wildman–Crippen MR) is 51.2 cm³/mol. The van der Waals surface area contributed by atoms with Gasteiger partial charge in [-0.25, -0.2) is 0 Å². The van der Waals surface area contributed by atoms with Gasteiger partial charge in [-0.3, -0.25) is 4.79 Å². The van der Waals surface area contributed by atoms with E-state index in [-0.39, 0.29) is 6.61 Å². The summed E-state index contributed by atoms with van der Waals surface area (Å²) >= 11 is 4.89. The SMILES string of the molecule is COCC(SP(O)(O)=S)C(N)=O. The summed E-state index contributed by atoms with van der Waals surface area (Å²) in [5.74, 6) is -0.667. The normalized spacial score (nSPS) is 14.2. The molecular weight excluding hydrogens is 221 g/mol. The number of ether oxygens (including phenoxy) is 1. The van der Waals surface area contributed by atoms with Crippen molar-refractivity contribution in [2.45, 2.75) is 5.25 Å². The van der Waals surface area contributed by atoms with Crippen molar-refractivity contribution >= 4 is 34.8 Å². The lowest BCUT2D eigenvalue weighted by atomic mass is 10.4. The van der Waals surface area contributed by atoms with Crippen molar-refractivity contribution < 1.29 is 19.3 Å². The van der Waals surface area contributed by atoms with Gasteiger partial charge in [-0.05, 0) is 11.8 Å². The van der Waals surface area contributed by atoms with Crippen LogP contribution in [0.25, 0.3) is 0 Å². The van der Waals surface area contributed by atoms with Gasteiger partial charge in [0.2, 0.25) is 11.6 Å². The molecule has 5 nitrogen and oxygen atoms in total.